The molecule has 18 heavy (non-hydrogen) atoms. The second-order valence-corrected chi connectivity index (χ2v) is 4.20. The molecule has 1 atom stereocenters. The lowest BCUT2D eigenvalue weighted by molar-refractivity contribution is -0.123. The Hall–Kier alpha value is -1.85. The maximum absolute atomic E-state index is 13.6. The third kappa shape index (κ3) is 2.88. The predicted octanol–water partition coefficient (Wildman–Crippen LogP) is 1.37. The van der Waals surface area contributed by atoms with Gasteiger partial charge in [-0.2, -0.15) is 0 Å². The molecule has 0 heterocycles. The zero-order chi connectivity index (χ0) is 13.9. The molecule has 1 unspecified atom stereocenters. The summed E-state index contributed by atoms with van der Waals surface area (Å²) in [4.78, 5) is 12.8. The Bertz CT molecular complexity index is 451. The largest absolute Gasteiger partial charge is 0.397 e. The van der Waals surface area contributed by atoms with Crippen molar-refractivity contribution in [2.75, 3.05) is 31.3 Å². The van der Waals surface area contributed by atoms with Crippen molar-refractivity contribution in [1.82, 2.24) is 5.32 Å². The normalized spacial score (nSPS) is 12.1. The van der Waals surface area contributed by atoms with E-state index in [2.05, 4.69) is 5.32 Å². The van der Waals surface area contributed by atoms with E-state index in [0.717, 1.165) is 6.07 Å². The Kier molecular flexibility index (Phi) is 4.47. The van der Waals surface area contributed by atoms with Crippen LogP contribution in [0.15, 0.2) is 12.1 Å². The van der Waals surface area contributed by atoms with Gasteiger partial charge in [-0.25, -0.2) is 8.78 Å². The number of halogens is 2. The first-order valence-corrected chi connectivity index (χ1v) is 5.54. The van der Waals surface area contributed by atoms with E-state index in [4.69, 9.17) is 5.73 Å². The molecule has 6 heteroatoms. The molecule has 1 amide bonds. The van der Waals surface area contributed by atoms with Crippen LogP contribution in [0.5, 0.6) is 0 Å². The van der Waals surface area contributed by atoms with Crippen molar-refractivity contribution in [3.8, 4) is 0 Å². The maximum atomic E-state index is 13.6. The van der Waals surface area contributed by atoms with Crippen LogP contribution in [0.2, 0.25) is 0 Å². The zero-order valence-corrected chi connectivity index (χ0v) is 10.6. The summed E-state index contributed by atoms with van der Waals surface area (Å²) in [6.45, 7) is 1.94. The third-order valence-corrected chi connectivity index (χ3v) is 2.72. The number of anilines is 2. The highest BCUT2D eigenvalue weighted by Gasteiger charge is 2.19. The lowest BCUT2D eigenvalue weighted by atomic mass is 10.1. The zero-order valence-electron chi connectivity index (χ0n) is 10.6. The molecule has 1 aromatic carbocycles. The Morgan fingerprint density at radius 2 is 2.11 bits per heavy atom. The maximum Gasteiger partial charge on any atom is 0.224 e. The molecule has 0 aliphatic carbocycles. The molecule has 0 saturated heterocycles. The van der Waals surface area contributed by atoms with E-state index in [0.29, 0.717) is 0 Å². The molecule has 100 valence electrons. The molecule has 0 aromatic heterocycles. The molecule has 1 aromatic rings. The van der Waals surface area contributed by atoms with Crippen LogP contribution in [0.4, 0.5) is 20.2 Å². The Morgan fingerprint density at radius 3 is 2.67 bits per heavy atom. The summed E-state index contributed by atoms with van der Waals surface area (Å²) in [5, 5.41) is 2.50. The summed E-state index contributed by atoms with van der Waals surface area (Å²) in [5.74, 6) is -2.49. The lowest BCUT2D eigenvalue weighted by Crippen LogP contribution is -2.35. The van der Waals surface area contributed by atoms with Gasteiger partial charge in [0.1, 0.15) is 0 Å². The van der Waals surface area contributed by atoms with Crippen LogP contribution in [-0.2, 0) is 4.79 Å². The van der Waals surface area contributed by atoms with Gasteiger partial charge in [-0.1, -0.05) is 6.92 Å². The number of hydrogen-bond donors (Lipinski definition) is 2. The van der Waals surface area contributed by atoms with Crippen molar-refractivity contribution in [1.29, 1.82) is 0 Å². The summed E-state index contributed by atoms with van der Waals surface area (Å²) >= 11 is 0. The van der Waals surface area contributed by atoms with E-state index in [9.17, 15) is 13.6 Å². The Labute approximate surface area is 105 Å². The minimum Gasteiger partial charge on any atom is -0.397 e. The second-order valence-electron chi connectivity index (χ2n) is 4.20. The summed E-state index contributed by atoms with van der Waals surface area (Å²) in [5.41, 5.74) is 5.74. The molecule has 0 saturated carbocycles. The smallest absolute Gasteiger partial charge is 0.224 e. The van der Waals surface area contributed by atoms with Gasteiger partial charge in [0.05, 0.1) is 17.3 Å². The van der Waals surface area contributed by atoms with Gasteiger partial charge in [-0.3, -0.25) is 4.79 Å². The summed E-state index contributed by atoms with van der Waals surface area (Å²) in [7, 11) is 3.09. The number of nitrogens with zero attached hydrogens (tertiary/aromatic N) is 1. The molecule has 4 nitrogen and oxygen atoms in total. The van der Waals surface area contributed by atoms with E-state index in [1.165, 1.54) is 18.0 Å². The first-order chi connectivity index (χ1) is 8.38. The highest BCUT2D eigenvalue weighted by molar-refractivity contribution is 5.79. The van der Waals surface area contributed by atoms with Gasteiger partial charge in [0, 0.05) is 20.6 Å². The molecule has 0 aliphatic rings. The van der Waals surface area contributed by atoms with E-state index in [-0.39, 0.29) is 29.7 Å². The number of amides is 1. The minimum atomic E-state index is -0.999. The monoisotopic (exact) mass is 257 g/mol. The molecule has 0 fully saturated rings. The topological polar surface area (TPSA) is 58.4 Å². The second kappa shape index (κ2) is 5.66. The number of nitrogens with two attached hydrogens (primary N) is 1. The van der Waals surface area contributed by atoms with Gasteiger partial charge in [0.15, 0.2) is 11.6 Å². The Morgan fingerprint density at radius 1 is 1.50 bits per heavy atom. The average Bonchev–Trinajstić information content (AvgIpc) is 2.33. The van der Waals surface area contributed by atoms with Crippen LogP contribution in [0.3, 0.4) is 0 Å². The van der Waals surface area contributed by atoms with E-state index < -0.39 is 11.6 Å². The molecular formula is C12H17F2N3O. The first-order valence-electron chi connectivity index (χ1n) is 5.54. The van der Waals surface area contributed by atoms with Crippen LogP contribution in [0.25, 0.3) is 0 Å². The van der Waals surface area contributed by atoms with Gasteiger partial charge in [-0.05, 0) is 12.1 Å². The molecule has 0 aliphatic heterocycles. The standard InChI is InChI=1S/C12H17F2N3O/c1-7(12(18)16-2)6-17(3)11-9(15)5-4-8(13)10(11)14/h4-5,7H,6,15H2,1-3H3,(H,16,18). The predicted molar refractivity (Wildman–Crippen MR) is 67.3 cm³/mol. The number of benzene rings is 1. The van der Waals surface area contributed by atoms with Crippen LogP contribution < -0.4 is 16.0 Å². The van der Waals surface area contributed by atoms with Crippen LogP contribution in [-0.4, -0.2) is 26.5 Å². The number of carbonyl (C=O) groups is 1. The average molecular weight is 257 g/mol. The first kappa shape index (κ1) is 14.2. The highest BCUT2D eigenvalue weighted by atomic mass is 19.2. The molecule has 1 rings (SSSR count). The van der Waals surface area contributed by atoms with Gasteiger partial charge in [-0.15, -0.1) is 0 Å². The fraction of sp³-hybridized carbons (Fsp3) is 0.417. The third-order valence-electron chi connectivity index (χ3n) is 2.72. The fourth-order valence-corrected chi connectivity index (χ4v) is 1.77. The number of nitrogens with one attached hydrogen (secondary N) is 1. The molecule has 0 bridgehead atoms. The Balaban J connectivity index is 2.94. The highest BCUT2D eigenvalue weighted by Crippen LogP contribution is 2.28. The van der Waals surface area contributed by atoms with Gasteiger partial charge >= 0.3 is 0 Å². The van der Waals surface area contributed by atoms with Gasteiger partial charge < -0.3 is 16.0 Å². The van der Waals surface area contributed by atoms with Crippen molar-refractivity contribution >= 4 is 17.3 Å². The van der Waals surface area contributed by atoms with Crippen LogP contribution >= 0.6 is 0 Å². The van der Waals surface area contributed by atoms with Crippen molar-refractivity contribution in [3.63, 3.8) is 0 Å². The number of nitrogen functional groups attached to an aromatic ring is 1. The van der Waals surface area contributed by atoms with Gasteiger partial charge in [0.25, 0.3) is 0 Å². The van der Waals surface area contributed by atoms with Crippen LogP contribution in [0.1, 0.15) is 6.92 Å². The summed E-state index contributed by atoms with van der Waals surface area (Å²) < 4.78 is 26.8. The van der Waals surface area contributed by atoms with Crippen molar-refractivity contribution < 1.29 is 13.6 Å². The number of hydrogen-bond acceptors (Lipinski definition) is 3. The number of rotatable bonds is 4. The van der Waals surface area contributed by atoms with Crippen molar-refractivity contribution in [2.24, 2.45) is 5.92 Å². The fourth-order valence-electron chi connectivity index (χ4n) is 1.77. The van der Waals surface area contributed by atoms with Crippen molar-refractivity contribution in [3.05, 3.63) is 23.8 Å². The van der Waals surface area contributed by atoms with E-state index in [1.807, 2.05) is 0 Å². The molecule has 3 N–H and O–H groups in total. The SMILES string of the molecule is CNC(=O)C(C)CN(C)c1c(N)ccc(F)c1F. The van der Waals surface area contributed by atoms with E-state index >= 15 is 0 Å². The van der Waals surface area contributed by atoms with Crippen molar-refractivity contribution in [2.45, 2.75) is 6.92 Å². The summed E-state index contributed by atoms with van der Waals surface area (Å²) in [6.07, 6.45) is 0. The number of carbonyl (C=O) groups excluding carboxylic acids is 1. The quantitative estimate of drug-likeness (QED) is 0.801. The van der Waals surface area contributed by atoms with Crippen LogP contribution in [0, 0.1) is 17.6 Å². The molecule has 0 spiro atoms. The molecule has 0 radical (unpaired) electrons. The van der Waals surface area contributed by atoms with E-state index in [1.54, 1.807) is 14.0 Å². The minimum absolute atomic E-state index is 0.0225. The lowest BCUT2D eigenvalue weighted by Gasteiger charge is -2.24. The van der Waals surface area contributed by atoms with Gasteiger partial charge in [0.2, 0.25) is 5.91 Å². The summed E-state index contributed by atoms with van der Waals surface area (Å²) in [6, 6.07) is 2.28. The molecular weight excluding hydrogens is 240 g/mol.